The van der Waals surface area contributed by atoms with Gasteiger partial charge >= 0.3 is 29.8 Å². The third-order valence-corrected chi connectivity index (χ3v) is 11.2. The normalized spacial score (nSPS) is 15.6. The Bertz CT molecular complexity index is 1250. The molecule has 0 spiro atoms. The van der Waals surface area contributed by atoms with E-state index in [0.717, 1.165) is 38.5 Å². The number of esters is 5. The second kappa shape index (κ2) is 30.7. The average Bonchev–Trinajstić information content (AvgIpc) is 3.18. The summed E-state index contributed by atoms with van der Waals surface area (Å²) in [5, 5.41) is -0.168. The molecule has 334 valence electrons. The maximum Gasteiger partial charge on any atom is 0.308 e. The number of carbonyl (C=O) groups excluding carboxylic acids is 6. The Morgan fingerprint density at radius 1 is 0.707 bits per heavy atom. The number of carbonyl (C=O) groups is 6. The Balaban J connectivity index is 2.83. The summed E-state index contributed by atoms with van der Waals surface area (Å²) in [4.78, 5) is 77.8. The molecule has 0 aliphatic heterocycles. The van der Waals surface area contributed by atoms with Crippen molar-refractivity contribution in [3.63, 3.8) is 0 Å². The maximum absolute atomic E-state index is 13.1. The summed E-state index contributed by atoms with van der Waals surface area (Å²) in [6.07, 6.45) is 8.80. The molecular formula is C44H75NO12S. The first-order chi connectivity index (χ1) is 27.6. The Kier molecular flexibility index (Phi) is 27.9. The predicted molar refractivity (Wildman–Crippen MR) is 225 cm³/mol. The molecule has 1 fully saturated rings. The molecule has 1 aliphatic rings. The lowest BCUT2D eigenvalue weighted by Crippen LogP contribution is -2.34. The summed E-state index contributed by atoms with van der Waals surface area (Å²) >= 11 is 1.17. The summed E-state index contributed by atoms with van der Waals surface area (Å²) < 4.78 is 33.1. The lowest BCUT2D eigenvalue weighted by Gasteiger charge is -2.25. The van der Waals surface area contributed by atoms with Crippen LogP contribution in [0, 0.1) is 29.6 Å². The van der Waals surface area contributed by atoms with Gasteiger partial charge in [-0.1, -0.05) is 112 Å². The van der Waals surface area contributed by atoms with E-state index in [1.165, 1.54) is 37.9 Å². The minimum Gasteiger partial charge on any atom is -0.494 e. The zero-order valence-corrected chi connectivity index (χ0v) is 37.7. The topological polar surface area (TPSA) is 161 Å². The fourth-order valence-corrected chi connectivity index (χ4v) is 7.41. The molecule has 0 saturated heterocycles. The standard InChI is InChI=1S/C44H75NO12S/c1-10-17-32(5)25-33(6)42(49)54-29-39(30-55-43(50)34(7)26-37-18-13-12-14-19-37)57-41(48)21-16-23-45(44(51)58-24-11-2)22-15-20-40(47)56-38(28-53-36(9)46)27-52-35(8)31(3)4/h31-34,37-39H,8,10-30H2,1-7,9H3. The van der Waals surface area contributed by atoms with Crippen molar-refractivity contribution < 1.29 is 57.2 Å². The average molecular weight is 842 g/mol. The molecule has 58 heavy (non-hydrogen) atoms. The first kappa shape index (κ1) is 52.7. The Morgan fingerprint density at radius 3 is 1.72 bits per heavy atom. The number of rotatable bonds is 30. The van der Waals surface area contributed by atoms with Crippen molar-refractivity contribution in [2.24, 2.45) is 29.6 Å². The van der Waals surface area contributed by atoms with Crippen LogP contribution in [0.15, 0.2) is 12.3 Å². The molecular weight excluding hydrogens is 767 g/mol. The summed E-state index contributed by atoms with van der Waals surface area (Å²) in [5.41, 5.74) is 0. The highest BCUT2D eigenvalue weighted by Crippen LogP contribution is 2.29. The van der Waals surface area contributed by atoms with Gasteiger partial charge in [-0.05, 0) is 43.9 Å². The van der Waals surface area contributed by atoms with Gasteiger partial charge < -0.3 is 33.3 Å². The highest BCUT2D eigenvalue weighted by atomic mass is 32.2. The molecule has 1 saturated carbocycles. The third kappa shape index (κ3) is 24.6. The molecule has 0 aromatic carbocycles. The first-order valence-electron chi connectivity index (χ1n) is 21.6. The van der Waals surface area contributed by atoms with E-state index in [2.05, 4.69) is 20.4 Å². The van der Waals surface area contributed by atoms with Crippen LogP contribution in [0.4, 0.5) is 4.79 Å². The Labute approximate surface area is 352 Å². The molecule has 0 radical (unpaired) electrons. The van der Waals surface area contributed by atoms with Gasteiger partial charge in [-0.25, -0.2) is 0 Å². The van der Waals surface area contributed by atoms with Gasteiger partial charge in [0.2, 0.25) is 0 Å². The zero-order chi connectivity index (χ0) is 43.5. The summed E-state index contributed by atoms with van der Waals surface area (Å²) in [7, 11) is 0. The summed E-state index contributed by atoms with van der Waals surface area (Å²) in [6.45, 7) is 18.6. The molecule has 1 aliphatic carbocycles. The third-order valence-electron chi connectivity index (χ3n) is 10.0. The van der Waals surface area contributed by atoms with E-state index < -0.39 is 36.1 Å². The van der Waals surface area contributed by atoms with Crippen molar-refractivity contribution in [1.82, 2.24) is 4.90 Å². The lowest BCUT2D eigenvalue weighted by atomic mass is 9.83. The van der Waals surface area contributed by atoms with E-state index in [1.54, 1.807) is 4.90 Å². The number of hydrogen-bond donors (Lipinski definition) is 0. The second-order valence-corrected chi connectivity index (χ2v) is 17.2. The van der Waals surface area contributed by atoms with Crippen LogP contribution in [0.5, 0.6) is 0 Å². The van der Waals surface area contributed by atoms with Crippen molar-refractivity contribution in [3.05, 3.63) is 12.3 Å². The molecule has 13 nitrogen and oxygen atoms in total. The van der Waals surface area contributed by atoms with Crippen LogP contribution in [0.1, 0.15) is 145 Å². The minimum atomic E-state index is -0.982. The van der Waals surface area contributed by atoms with Gasteiger partial charge in [0.1, 0.15) is 26.4 Å². The predicted octanol–water partition coefficient (Wildman–Crippen LogP) is 8.84. The molecule has 5 unspecified atom stereocenters. The lowest BCUT2D eigenvalue weighted by molar-refractivity contribution is -0.169. The van der Waals surface area contributed by atoms with Crippen molar-refractivity contribution in [2.75, 3.05) is 45.3 Å². The summed E-state index contributed by atoms with van der Waals surface area (Å²) in [5.74, 6) is -0.975. The van der Waals surface area contributed by atoms with Crippen LogP contribution in [-0.2, 0) is 52.4 Å². The minimum absolute atomic E-state index is 0.000488. The van der Waals surface area contributed by atoms with Crippen LogP contribution in [0.3, 0.4) is 0 Å². The van der Waals surface area contributed by atoms with Gasteiger partial charge in [0.25, 0.3) is 5.24 Å². The quantitative estimate of drug-likeness (QED) is 0.0384. The number of hydrogen-bond acceptors (Lipinski definition) is 13. The van der Waals surface area contributed by atoms with Crippen molar-refractivity contribution in [3.8, 4) is 0 Å². The van der Waals surface area contributed by atoms with Gasteiger partial charge in [-0.3, -0.25) is 28.8 Å². The van der Waals surface area contributed by atoms with E-state index in [1.807, 2.05) is 34.6 Å². The fraction of sp³-hybridized carbons (Fsp3) is 0.818. The van der Waals surface area contributed by atoms with Gasteiger partial charge in [0.15, 0.2) is 12.2 Å². The van der Waals surface area contributed by atoms with Gasteiger partial charge in [-0.2, -0.15) is 0 Å². The number of nitrogens with zero attached hydrogens (tertiary/aromatic N) is 1. The molecule has 0 aromatic heterocycles. The molecule has 0 heterocycles. The Morgan fingerprint density at radius 2 is 1.22 bits per heavy atom. The van der Waals surface area contributed by atoms with Gasteiger partial charge in [-0.15, -0.1) is 0 Å². The first-order valence-corrected chi connectivity index (χ1v) is 22.6. The van der Waals surface area contributed by atoms with Crippen molar-refractivity contribution >= 4 is 46.8 Å². The van der Waals surface area contributed by atoms with Crippen molar-refractivity contribution in [1.29, 1.82) is 0 Å². The van der Waals surface area contributed by atoms with Crippen molar-refractivity contribution in [2.45, 2.75) is 157 Å². The van der Waals surface area contributed by atoms with Crippen LogP contribution in [0.25, 0.3) is 0 Å². The molecule has 1 amide bonds. The van der Waals surface area contributed by atoms with E-state index in [9.17, 15) is 28.8 Å². The number of allylic oxidation sites excluding steroid dienone is 1. The number of thioether (sulfide) groups is 1. The fourth-order valence-electron chi connectivity index (χ4n) is 6.67. The summed E-state index contributed by atoms with van der Waals surface area (Å²) in [6, 6.07) is 0. The molecule has 0 aromatic rings. The SMILES string of the molecule is C=C(OCC(COC(C)=O)OC(=O)CCCN(CCCC(=O)OC(COC(=O)C(C)CC(C)CCC)COC(=O)C(C)CC1CCCCC1)C(=O)SCCC)C(C)C. The van der Waals surface area contributed by atoms with E-state index in [-0.39, 0.29) is 87.7 Å². The Hall–Kier alpha value is -3.29. The second-order valence-electron chi connectivity index (χ2n) is 16.2. The monoisotopic (exact) mass is 842 g/mol. The van der Waals surface area contributed by atoms with Gasteiger partial charge in [0.05, 0.1) is 17.6 Å². The van der Waals surface area contributed by atoms with Crippen LogP contribution in [-0.4, -0.2) is 97.5 Å². The largest absolute Gasteiger partial charge is 0.494 e. The zero-order valence-electron chi connectivity index (χ0n) is 36.9. The molecule has 1 rings (SSSR count). The molecule has 0 bridgehead atoms. The number of amides is 1. The van der Waals surface area contributed by atoms with Crippen LogP contribution in [0.2, 0.25) is 0 Å². The number of ether oxygens (including phenoxy) is 6. The van der Waals surface area contributed by atoms with Crippen LogP contribution < -0.4 is 0 Å². The van der Waals surface area contributed by atoms with E-state index in [4.69, 9.17) is 28.4 Å². The maximum atomic E-state index is 13.1. The smallest absolute Gasteiger partial charge is 0.308 e. The highest BCUT2D eigenvalue weighted by molar-refractivity contribution is 8.13. The molecule has 0 N–H and O–H groups in total. The van der Waals surface area contributed by atoms with E-state index >= 15 is 0 Å². The molecule has 14 heteroatoms. The van der Waals surface area contributed by atoms with Gasteiger partial charge in [0, 0.05) is 44.5 Å². The molecule has 5 atom stereocenters. The van der Waals surface area contributed by atoms with Crippen LogP contribution >= 0.6 is 11.8 Å². The highest BCUT2D eigenvalue weighted by Gasteiger charge is 2.27. The van der Waals surface area contributed by atoms with E-state index in [0.29, 0.717) is 36.2 Å².